The molecule has 2 rings (SSSR count). The summed E-state index contributed by atoms with van der Waals surface area (Å²) < 4.78 is 38.2. The van der Waals surface area contributed by atoms with Crippen LogP contribution in [-0.2, 0) is 0 Å². The minimum atomic E-state index is -4.72. The molecule has 2 aromatic rings. The minimum Gasteiger partial charge on any atom is -0.349 e. The number of aryl methyl sites for hydroxylation is 1. The van der Waals surface area contributed by atoms with Gasteiger partial charge in [-0.15, -0.1) is 0 Å². The first-order valence-corrected chi connectivity index (χ1v) is 7.22. The Bertz CT molecular complexity index is 810. The molecule has 0 fully saturated rings. The smallest absolute Gasteiger partial charge is 0.349 e. The van der Waals surface area contributed by atoms with Crippen molar-refractivity contribution in [2.24, 2.45) is 0 Å². The van der Waals surface area contributed by atoms with Crippen LogP contribution in [0.1, 0.15) is 37.1 Å². The number of halogens is 3. The number of benzene rings is 1. The van der Waals surface area contributed by atoms with Gasteiger partial charge in [0.25, 0.3) is 0 Å². The second-order valence-corrected chi connectivity index (χ2v) is 5.54. The Balaban J connectivity index is 2.31. The van der Waals surface area contributed by atoms with E-state index in [2.05, 4.69) is 15.3 Å². The number of nitrogens with zero attached hydrogens (tertiary/aromatic N) is 2. The lowest BCUT2D eigenvalue weighted by atomic mass is 10.1. The summed E-state index contributed by atoms with van der Waals surface area (Å²) in [6.45, 7) is 4.41. The van der Waals surface area contributed by atoms with Gasteiger partial charge in [0, 0.05) is 0 Å². The van der Waals surface area contributed by atoms with E-state index in [1.54, 1.807) is 6.92 Å². The maximum absolute atomic E-state index is 12.7. The summed E-state index contributed by atoms with van der Waals surface area (Å²) in [6, 6.07) is 4.95. The van der Waals surface area contributed by atoms with Crippen LogP contribution in [0.25, 0.3) is 0 Å². The molecular weight excluding hydrogens is 325 g/mol. The van der Waals surface area contributed by atoms with Crippen molar-refractivity contribution in [1.29, 1.82) is 0 Å². The molecule has 2 N–H and O–H groups in total. The van der Waals surface area contributed by atoms with Crippen LogP contribution in [0, 0.1) is 6.92 Å². The van der Waals surface area contributed by atoms with Gasteiger partial charge in [0.1, 0.15) is 6.04 Å². The molecule has 1 aromatic carbocycles. The Hall–Kier alpha value is -2.58. The van der Waals surface area contributed by atoms with E-state index >= 15 is 0 Å². The third-order valence-electron chi connectivity index (χ3n) is 3.61. The third kappa shape index (κ3) is 3.84. The number of rotatable bonds is 4. The van der Waals surface area contributed by atoms with Crippen molar-refractivity contribution < 1.29 is 13.2 Å². The van der Waals surface area contributed by atoms with Gasteiger partial charge in [-0.3, -0.25) is 4.98 Å². The van der Waals surface area contributed by atoms with E-state index in [4.69, 9.17) is 0 Å². The van der Waals surface area contributed by atoms with Crippen LogP contribution in [0.2, 0.25) is 0 Å². The molecule has 1 aromatic heterocycles. The molecule has 0 saturated heterocycles. The number of hydrogen-bond donors (Lipinski definition) is 2. The van der Waals surface area contributed by atoms with Crippen LogP contribution in [0.4, 0.5) is 19.1 Å². The summed E-state index contributed by atoms with van der Waals surface area (Å²) in [5.74, 6) is -0.176. The molecular formula is C15H17F3N4O2. The second-order valence-electron chi connectivity index (χ2n) is 5.54. The number of nitrogens with one attached hydrogen (secondary N) is 2. The lowest BCUT2D eigenvalue weighted by Crippen LogP contribution is -2.44. The molecule has 2 atom stereocenters. The minimum absolute atomic E-state index is 0.0442. The van der Waals surface area contributed by atoms with Gasteiger partial charge in [-0.2, -0.15) is 18.2 Å². The van der Waals surface area contributed by atoms with Crippen LogP contribution in [0.15, 0.2) is 33.9 Å². The second kappa shape index (κ2) is 6.50. The van der Waals surface area contributed by atoms with Gasteiger partial charge in [0.15, 0.2) is 0 Å². The van der Waals surface area contributed by atoms with Crippen LogP contribution in [0.5, 0.6) is 0 Å². The highest BCUT2D eigenvalue weighted by atomic mass is 19.4. The predicted octanol–water partition coefficient (Wildman–Crippen LogP) is 2.54. The predicted molar refractivity (Wildman–Crippen MR) is 83.1 cm³/mol. The van der Waals surface area contributed by atoms with Crippen molar-refractivity contribution in [3.8, 4) is 0 Å². The first-order chi connectivity index (χ1) is 11.1. The topological polar surface area (TPSA) is 79.8 Å². The van der Waals surface area contributed by atoms with Crippen molar-refractivity contribution in [2.75, 3.05) is 5.32 Å². The van der Waals surface area contributed by atoms with Gasteiger partial charge < -0.3 is 5.32 Å². The van der Waals surface area contributed by atoms with Crippen LogP contribution >= 0.6 is 0 Å². The molecule has 0 unspecified atom stereocenters. The summed E-state index contributed by atoms with van der Waals surface area (Å²) in [6.07, 6.45) is -4.72. The molecule has 6 nitrogen and oxygen atoms in total. The number of aromatic amines is 1. The zero-order valence-corrected chi connectivity index (χ0v) is 13.3. The third-order valence-corrected chi connectivity index (χ3v) is 3.61. The molecule has 24 heavy (non-hydrogen) atoms. The van der Waals surface area contributed by atoms with Crippen molar-refractivity contribution in [3.63, 3.8) is 0 Å². The first-order valence-electron chi connectivity index (χ1n) is 7.22. The summed E-state index contributed by atoms with van der Waals surface area (Å²) in [7, 11) is 0. The molecule has 0 aliphatic rings. The Morgan fingerprint density at radius 2 is 1.92 bits per heavy atom. The van der Waals surface area contributed by atoms with Crippen molar-refractivity contribution in [3.05, 3.63) is 56.4 Å². The molecule has 0 radical (unpaired) electrons. The number of aromatic nitrogens is 3. The molecule has 0 spiro atoms. The maximum atomic E-state index is 12.7. The standard InChI is InChI=1S/C15H17F3N4O2/c1-8-5-4-6-11(7-8)9(2)19-12-20-13(23)22(14(24)21-12)10(3)15(16,17)18/h4-7,9-10H,1-3H3,(H2,19,20,21,23,24)/t9-,10-/m0/s1. The summed E-state index contributed by atoms with van der Waals surface area (Å²) in [5, 5.41) is 2.81. The fraction of sp³-hybridized carbons (Fsp3) is 0.400. The largest absolute Gasteiger partial charge is 0.409 e. The van der Waals surface area contributed by atoms with Crippen molar-refractivity contribution in [1.82, 2.24) is 14.5 Å². The Kier molecular flexibility index (Phi) is 4.81. The lowest BCUT2D eigenvalue weighted by molar-refractivity contribution is -0.164. The monoisotopic (exact) mass is 342 g/mol. The van der Waals surface area contributed by atoms with E-state index in [0.717, 1.165) is 18.1 Å². The maximum Gasteiger partial charge on any atom is 0.409 e. The Labute approximate surface area is 135 Å². The van der Waals surface area contributed by atoms with E-state index in [1.807, 2.05) is 31.2 Å². The highest BCUT2D eigenvalue weighted by Gasteiger charge is 2.39. The molecule has 0 bridgehead atoms. The van der Waals surface area contributed by atoms with Gasteiger partial charge in [-0.05, 0) is 26.3 Å². The molecule has 130 valence electrons. The molecule has 0 aliphatic carbocycles. The van der Waals surface area contributed by atoms with E-state index in [-0.39, 0.29) is 16.6 Å². The molecule has 1 heterocycles. The van der Waals surface area contributed by atoms with E-state index in [1.165, 1.54) is 0 Å². The first kappa shape index (κ1) is 17.8. The van der Waals surface area contributed by atoms with E-state index in [9.17, 15) is 22.8 Å². The van der Waals surface area contributed by atoms with Gasteiger partial charge in [-0.25, -0.2) is 14.2 Å². The number of alkyl halides is 3. The normalized spacial score (nSPS) is 14.2. The summed E-state index contributed by atoms with van der Waals surface area (Å²) >= 11 is 0. The SMILES string of the molecule is Cc1cccc([C@H](C)Nc2nc(=O)n([C@@H](C)C(F)(F)F)c(=O)[nH]2)c1. The van der Waals surface area contributed by atoms with Gasteiger partial charge >= 0.3 is 17.6 Å². The molecule has 0 aliphatic heterocycles. The zero-order chi connectivity index (χ0) is 18.1. The van der Waals surface area contributed by atoms with Crippen molar-refractivity contribution in [2.45, 2.75) is 39.0 Å². The van der Waals surface area contributed by atoms with Crippen LogP contribution in [-0.4, -0.2) is 20.7 Å². The average Bonchev–Trinajstić information content (AvgIpc) is 2.45. The number of anilines is 1. The Morgan fingerprint density at radius 3 is 2.46 bits per heavy atom. The van der Waals surface area contributed by atoms with E-state index < -0.39 is 23.6 Å². The van der Waals surface area contributed by atoms with Gasteiger partial charge in [-0.1, -0.05) is 29.8 Å². The Morgan fingerprint density at radius 1 is 1.25 bits per heavy atom. The quantitative estimate of drug-likeness (QED) is 0.895. The van der Waals surface area contributed by atoms with Crippen molar-refractivity contribution >= 4 is 5.95 Å². The molecule has 0 amide bonds. The molecule has 0 saturated carbocycles. The average molecular weight is 342 g/mol. The highest BCUT2D eigenvalue weighted by molar-refractivity contribution is 5.32. The lowest BCUT2D eigenvalue weighted by Gasteiger charge is -2.18. The van der Waals surface area contributed by atoms with Crippen LogP contribution in [0.3, 0.4) is 0 Å². The number of hydrogen-bond acceptors (Lipinski definition) is 4. The molecule has 9 heteroatoms. The summed E-state index contributed by atoms with van der Waals surface area (Å²) in [4.78, 5) is 29.3. The fourth-order valence-electron chi connectivity index (χ4n) is 2.21. The zero-order valence-electron chi connectivity index (χ0n) is 13.3. The van der Waals surface area contributed by atoms with E-state index in [0.29, 0.717) is 0 Å². The van der Waals surface area contributed by atoms with Crippen LogP contribution < -0.4 is 16.7 Å². The van der Waals surface area contributed by atoms with Gasteiger partial charge in [0.05, 0.1) is 6.04 Å². The highest BCUT2D eigenvalue weighted by Crippen LogP contribution is 2.27. The number of H-pyrrole nitrogens is 1. The summed E-state index contributed by atoms with van der Waals surface area (Å²) in [5.41, 5.74) is -0.524. The fourth-order valence-corrected chi connectivity index (χ4v) is 2.21. The van der Waals surface area contributed by atoms with Gasteiger partial charge in [0.2, 0.25) is 5.95 Å².